The van der Waals surface area contributed by atoms with Gasteiger partial charge in [0, 0.05) is 18.8 Å². The van der Waals surface area contributed by atoms with Crippen molar-refractivity contribution in [3.63, 3.8) is 0 Å². The van der Waals surface area contributed by atoms with E-state index in [0.717, 1.165) is 13.0 Å². The molecule has 0 aliphatic carbocycles. The zero-order chi connectivity index (χ0) is 6.97. The second kappa shape index (κ2) is 1.98. The molecule has 0 aromatic carbocycles. The summed E-state index contributed by atoms with van der Waals surface area (Å²) in [6.07, 6.45) is 4.69. The number of nitrogens with two attached hydrogens (primary N) is 1. The van der Waals surface area contributed by atoms with E-state index in [0.29, 0.717) is 5.95 Å². The first-order valence-electron chi connectivity index (χ1n) is 3.28. The van der Waals surface area contributed by atoms with Crippen LogP contribution in [0.5, 0.6) is 0 Å². The number of nitrogens with zero attached hydrogens (tertiary/aromatic N) is 2. The second-order valence-corrected chi connectivity index (χ2v) is 2.31. The van der Waals surface area contributed by atoms with E-state index in [1.54, 1.807) is 6.20 Å². The van der Waals surface area contributed by atoms with E-state index in [1.807, 2.05) is 10.8 Å². The summed E-state index contributed by atoms with van der Waals surface area (Å²) in [7, 11) is 0. The average Bonchev–Trinajstić information content (AvgIpc) is 2.12. The lowest BCUT2D eigenvalue weighted by atomic mass is 10.3. The van der Waals surface area contributed by atoms with Crippen LogP contribution in [0.3, 0.4) is 0 Å². The van der Waals surface area contributed by atoms with Gasteiger partial charge in [-0.1, -0.05) is 0 Å². The van der Waals surface area contributed by atoms with Crippen LogP contribution in [-0.2, 0) is 4.74 Å². The summed E-state index contributed by atoms with van der Waals surface area (Å²) in [6, 6.07) is 0. The summed E-state index contributed by atoms with van der Waals surface area (Å²) in [6.45, 7) is 0.836. The molecule has 0 radical (unpaired) electrons. The van der Waals surface area contributed by atoms with E-state index >= 15 is 0 Å². The molecule has 2 rings (SSSR count). The first kappa shape index (κ1) is 5.73. The van der Waals surface area contributed by atoms with Gasteiger partial charge in [0.25, 0.3) is 0 Å². The van der Waals surface area contributed by atoms with Crippen molar-refractivity contribution in [2.75, 3.05) is 12.3 Å². The van der Waals surface area contributed by atoms with Crippen molar-refractivity contribution < 1.29 is 4.74 Å². The first-order valence-corrected chi connectivity index (χ1v) is 3.28. The Hall–Kier alpha value is -1.03. The van der Waals surface area contributed by atoms with Crippen LogP contribution in [0.1, 0.15) is 12.6 Å². The summed E-state index contributed by atoms with van der Waals surface area (Å²) < 4.78 is 7.04. The number of imidazole rings is 1. The molecule has 10 heavy (non-hydrogen) atoms. The van der Waals surface area contributed by atoms with Gasteiger partial charge in [0.2, 0.25) is 5.95 Å². The maximum absolute atomic E-state index is 5.52. The van der Waals surface area contributed by atoms with Crippen molar-refractivity contribution in [1.29, 1.82) is 0 Å². The zero-order valence-electron chi connectivity index (χ0n) is 5.53. The number of hydrogen-bond donors (Lipinski definition) is 1. The number of ether oxygens (including phenoxy) is 1. The van der Waals surface area contributed by atoms with Gasteiger partial charge in [0.15, 0.2) is 0 Å². The average molecular weight is 139 g/mol. The molecule has 1 aromatic rings. The lowest BCUT2D eigenvalue weighted by Gasteiger charge is -2.27. The first-order chi connectivity index (χ1) is 4.88. The molecule has 1 aliphatic rings. The largest absolute Gasteiger partial charge is 0.369 e. The maximum Gasteiger partial charge on any atom is 0.202 e. The van der Waals surface area contributed by atoms with E-state index in [1.165, 1.54) is 0 Å². The van der Waals surface area contributed by atoms with Gasteiger partial charge >= 0.3 is 0 Å². The Morgan fingerprint density at radius 3 is 3.00 bits per heavy atom. The smallest absolute Gasteiger partial charge is 0.202 e. The van der Waals surface area contributed by atoms with Crippen LogP contribution in [0, 0.1) is 0 Å². The molecule has 2 heterocycles. The fourth-order valence-corrected chi connectivity index (χ4v) is 1.01. The number of hydrogen-bond acceptors (Lipinski definition) is 3. The maximum atomic E-state index is 5.52. The highest BCUT2D eigenvalue weighted by Crippen LogP contribution is 2.24. The van der Waals surface area contributed by atoms with Crippen LogP contribution >= 0.6 is 0 Å². The molecule has 1 fully saturated rings. The van der Waals surface area contributed by atoms with Crippen molar-refractivity contribution in [2.45, 2.75) is 12.6 Å². The molecule has 4 nitrogen and oxygen atoms in total. The third-order valence-corrected chi connectivity index (χ3v) is 1.68. The fourth-order valence-electron chi connectivity index (χ4n) is 1.01. The number of anilines is 1. The minimum atomic E-state index is 0.141. The van der Waals surface area contributed by atoms with Crippen LogP contribution in [0.4, 0.5) is 5.95 Å². The quantitative estimate of drug-likeness (QED) is 0.612. The molecule has 0 bridgehead atoms. The van der Waals surface area contributed by atoms with E-state index in [2.05, 4.69) is 4.98 Å². The Bertz CT molecular complexity index is 229. The lowest BCUT2D eigenvalue weighted by molar-refractivity contribution is -0.0981. The molecule has 1 aromatic heterocycles. The molecule has 1 atom stereocenters. The van der Waals surface area contributed by atoms with Crippen molar-refractivity contribution in [3.8, 4) is 0 Å². The minimum absolute atomic E-state index is 0.141. The topological polar surface area (TPSA) is 53.1 Å². The third kappa shape index (κ3) is 0.690. The van der Waals surface area contributed by atoms with E-state index in [9.17, 15) is 0 Å². The molecule has 2 N–H and O–H groups in total. The molecule has 54 valence electrons. The molecule has 0 saturated carbocycles. The summed E-state index contributed by atoms with van der Waals surface area (Å²) in [5.74, 6) is 0.532. The van der Waals surface area contributed by atoms with Crippen molar-refractivity contribution in [3.05, 3.63) is 12.4 Å². The molecular weight excluding hydrogens is 130 g/mol. The SMILES string of the molecule is Nc1nccn1C1CCO1. The highest BCUT2D eigenvalue weighted by atomic mass is 16.5. The second-order valence-electron chi connectivity index (χ2n) is 2.31. The Morgan fingerprint density at radius 1 is 1.80 bits per heavy atom. The van der Waals surface area contributed by atoms with Gasteiger partial charge in [-0.3, -0.25) is 4.57 Å². The molecule has 1 saturated heterocycles. The van der Waals surface area contributed by atoms with Gasteiger partial charge in [0.1, 0.15) is 6.23 Å². The fraction of sp³-hybridized carbons (Fsp3) is 0.500. The van der Waals surface area contributed by atoms with Gasteiger partial charge in [-0.05, 0) is 0 Å². The molecule has 1 aliphatic heterocycles. The van der Waals surface area contributed by atoms with Crippen LogP contribution < -0.4 is 5.73 Å². The number of rotatable bonds is 1. The molecule has 4 heteroatoms. The number of aromatic nitrogens is 2. The van der Waals surface area contributed by atoms with Crippen molar-refractivity contribution in [1.82, 2.24) is 9.55 Å². The summed E-state index contributed by atoms with van der Waals surface area (Å²) in [5, 5.41) is 0. The normalized spacial score (nSPS) is 24.2. The van der Waals surface area contributed by atoms with Crippen LogP contribution in [0.25, 0.3) is 0 Å². The minimum Gasteiger partial charge on any atom is -0.369 e. The van der Waals surface area contributed by atoms with Gasteiger partial charge in [-0.2, -0.15) is 0 Å². The van der Waals surface area contributed by atoms with Crippen LogP contribution in [0.15, 0.2) is 12.4 Å². The van der Waals surface area contributed by atoms with Crippen LogP contribution in [0.2, 0.25) is 0 Å². The standard InChI is InChI=1S/C6H9N3O/c7-6-8-2-3-9(6)5-1-4-10-5/h2-3,5H,1,4H2,(H2,7,8). The lowest BCUT2D eigenvalue weighted by Crippen LogP contribution is -2.25. The predicted molar refractivity (Wildman–Crippen MR) is 36.2 cm³/mol. The molecular formula is C6H9N3O. The van der Waals surface area contributed by atoms with Gasteiger partial charge in [-0.25, -0.2) is 4.98 Å². The predicted octanol–water partition coefficient (Wildman–Crippen LogP) is 0.384. The van der Waals surface area contributed by atoms with E-state index in [4.69, 9.17) is 10.5 Å². The van der Waals surface area contributed by atoms with Gasteiger partial charge in [0.05, 0.1) is 6.61 Å². The Balaban J connectivity index is 2.23. The Kier molecular flexibility index (Phi) is 1.14. The Morgan fingerprint density at radius 2 is 2.60 bits per heavy atom. The number of nitrogen functional groups attached to an aromatic ring is 1. The van der Waals surface area contributed by atoms with Gasteiger partial charge < -0.3 is 10.5 Å². The third-order valence-electron chi connectivity index (χ3n) is 1.68. The van der Waals surface area contributed by atoms with E-state index in [-0.39, 0.29) is 6.23 Å². The van der Waals surface area contributed by atoms with E-state index < -0.39 is 0 Å². The Labute approximate surface area is 58.6 Å². The molecule has 0 spiro atoms. The highest BCUT2D eigenvalue weighted by Gasteiger charge is 2.20. The zero-order valence-corrected chi connectivity index (χ0v) is 5.53. The van der Waals surface area contributed by atoms with Crippen molar-refractivity contribution in [2.24, 2.45) is 0 Å². The summed E-state index contributed by atoms with van der Waals surface area (Å²) >= 11 is 0. The summed E-state index contributed by atoms with van der Waals surface area (Å²) in [4.78, 5) is 3.88. The molecule has 1 unspecified atom stereocenters. The monoisotopic (exact) mass is 139 g/mol. The van der Waals surface area contributed by atoms with Crippen LogP contribution in [-0.4, -0.2) is 16.2 Å². The summed E-state index contributed by atoms with van der Waals surface area (Å²) in [5.41, 5.74) is 5.52. The molecule has 0 amide bonds. The van der Waals surface area contributed by atoms with Crippen molar-refractivity contribution >= 4 is 5.95 Å². The highest BCUT2D eigenvalue weighted by molar-refractivity contribution is 5.17. The van der Waals surface area contributed by atoms with Gasteiger partial charge in [-0.15, -0.1) is 0 Å².